The molecular formula is C10H14O3. The first-order valence-corrected chi connectivity index (χ1v) is 4.56. The molecule has 0 saturated heterocycles. The average Bonchev–Trinajstić information content (AvgIpc) is 2.80. The summed E-state index contributed by atoms with van der Waals surface area (Å²) in [5.41, 5.74) is 0. The van der Waals surface area contributed by atoms with E-state index in [1.807, 2.05) is 0 Å². The summed E-state index contributed by atoms with van der Waals surface area (Å²) in [6.45, 7) is 2.73. The molecule has 1 fully saturated rings. The zero-order valence-corrected chi connectivity index (χ0v) is 8.00. The highest BCUT2D eigenvalue weighted by Crippen LogP contribution is 2.32. The van der Waals surface area contributed by atoms with Crippen molar-refractivity contribution in [2.45, 2.75) is 33.1 Å². The smallest absolute Gasteiger partial charge is 0.140 e. The maximum Gasteiger partial charge on any atom is 0.140 e. The Bertz CT molecular complexity index is 237. The van der Waals surface area contributed by atoms with Gasteiger partial charge in [0.1, 0.15) is 17.3 Å². The number of carbonyl (C=O) groups excluding carboxylic acids is 3. The summed E-state index contributed by atoms with van der Waals surface area (Å²) < 4.78 is 0. The fourth-order valence-electron chi connectivity index (χ4n) is 1.35. The van der Waals surface area contributed by atoms with Gasteiger partial charge in [-0.1, -0.05) is 0 Å². The molecule has 1 aliphatic carbocycles. The molecule has 0 radical (unpaired) electrons. The lowest BCUT2D eigenvalue weighted by atomic mass is 9.93. The van der Waals surface area contributed by atoms with Crippen LogP contribution in [0.25, 0.3) is 0 Å². The van der Waals surface area contributed by atoms with Gasteiger partial charge in [0.05, 0.1) is 5.92 Å². The third kappa shape index (κ3) is 2.76. The predicted octanol–water partition coefficient (Wildman–Crippen LogP) is 1.15. The largest absolute Gasteiger partial charge is 0.299 e. The van der Waals surface area contributed by atoms with Crippen molar-refractivity contribution in [1.82, 2.24) is 0 Å². The van der Waals surface area contributed by atoms with Gasteiger partial charge in [-0.3, -0.25) is 14.4 Å². The Labute approximate surface area is 77.5 Å². The number of rotatable bonds is 5. The summed E-state index contributed by atoms with van der Waals surface area (Å²) in [5.74, 6) is -0.854. The molecule has 0 unspecified atom stereocenters. The van der Waals surface area contributed by atoms with Crippen molar-refractivity contribution in [2.75, 3.05) is 0 Å². The highest BCUT2D eigenvalue weighted by molar-refractivity contribution is 6.03. The Hall–Kier alpha value is -0.990. The molecule has 72 valence electrons. The zero-order chi connectivity index (χ0) is 10.0. The van der Waals surface area contributed by atoms with Crippen LogP contribution < -0.4 is 0 Å². The monoisotopic (exact) mass is 182 g/mol. The van der Waals surface area contributed by atoms with Crippen LogP contribution >= 0.6 is 0 Å². The average molecular weight is 182 g/mol. The van der Waals surface area contributed by atoms with Crippen LogP contribution in [0.5, 0.6) is 0 Å². The van der Waals surface area contributed by atoms with E-state index in [0.29, 0.717) is 0 Å². The molecule has 0 aromatic heterocycles. The standard InChI is InChI=1S/C10H14O3/c1-6(11)9(7(2)12)5-10(13)8-3-4-8/h8-9H,3-5H2,1-2H3. The Morgan fingerprint density at radius 2 is 1.62 bits per heavy atom. The molecular weight excluding hydrogens is 168 g/mol. The maximum absolute atomic E-state index is 11.3. The Morgan fingerprint density at radius 3 is 1.92 bits per heavy atom. The second kappa shape index (κ2) is 3.81. The van der Waals surface area contributed by atoms with Crippen LogP contribution in [0.1, 0.15) is 33.1 Å². The van der Waals surface area contributed by atoms with Crippen LogP contribution in [0, 0.1) is 11.8 Å². The molecule has 0 spiro atoms. The summed E-state index contributed by atoms with van der Waals surface area (Å²) in [6.07, 6.45) is 1.98. The molecule has 0 aromatic carbocycles. The molecule has 0 heterocycles. The number of Topliss-reactive ketones (excluding diaryl/α,β-unsaturated/α-hetero) is 3. The minimum Gasteiger partial charge on any atom is -0.299 e. The van der Waals surface area contributed by atoms with Gasteiger partial charge in [-0.15, -0.1) is 0 Å². The first-order valence-electron chi connectivity index (χ1n) is 4.56. The van der Waals surface area contributed by atoms with E-state index in [2.05, 4.69) is 0 Å². The Balaban J connectivity index is 2.51. The van der Waals surface area contributed by atoms with Gasteiger partial charge < -0.3 is 0 Å². The van der Waals surface area contributed by atoms with E-state index in [4.69, 9.17) is 0 Å². The van der Waals surface area contributed by atoms with Crippen LogP contribution in [0.3, 0.4) is 0 Å². The van der Waals surface area contributed by atoms with Crippen molar-refractivity contribution in [3.05, 3.63) is 0 Å². The quantitative estimate of drug-likeness (QED) is 0.599. The van der Waals surface area contributed by atoms with E-state index >= 15 is 0 Å². The Kier molecular flexibility index (Phi) is 2.96. The number of carbonyl (C=O) groups is 3. The molecule has 0 bridgehead atoms. The molecule has 13 heavy (non-hydrogen) atoms. The minimum absolute atomic E-state index is 0.0791. The van der Waals surface area contributed by atoms with Gasteiger partial charge in [0, 0.05) is 12.3 Å². The van der Waals surface area contributed by atoms with E-state index in [0.717, 1.165) is 12.8 Å². The Morgan fingerprint density at radius 1 is 1.15 bits per heavy atom. The molecule has 3 heteroatoms. The van der Waals surface area contributed by atoms with E-state index in [1.165, 1.54) is 13.8 Å². The number of ketones is 3. The van der Waals surface area contributed by atoms with Gasteiger partial charge in [0.15, 0.2) is 0 Å². The van der Waals surface area contributed by atoms with Gasteiger partial charge in [-0.05, 0) is 26.7 Å². The van der Waals surface area contributed by atoms with Crippen molar-refractivity contribution in [1.29, 1.82) is 0 Å². The highest BCUT2D eigenvalue weighted by atomic mass is 16.2. The van der Waals surface area contributed by atoms with E-state index < -0.39 is 5.92 Å². The predicted molar refractivity (Wildman–Crippen MR) is 47.2 cm³/mol. The molecule has 1 aliphatic rings. The maximum atomic E-state index is 11.3. The highest BCUT2D eigenvalue weighted by Gasteiger charge is 2.33. The third-order valence-electron chi connectivity index (χ3n) is 2.42. The van der Waals surface area contributed by atoms with Crippen molar-refractivity contribution < 1.29 is 14.4 Å². The minimum atomic E-state index is -0.687. The van der Waals surface area contributed by atoms with Gasteiger partial charge in [0.25, 0.3) is 0 Å². The van der Waals surface area contributed by atoms with E-state index in [-0.39, 0.29) is 29.7 Å². The summed E-state index contributed by atoms with van der Waals surface area (Å²) in [6, 6.07) is 0. The molecule has 0 amide bonds. The van der Waals surface area contributed by atoms with Crippen LogP contribution in [-0.4, -0.2) is 17.3 Å². The number of hydrogen-bond donors (Lipinski definition) is 0. The van der Waals surface area contributed by atoms with Gasteiger partial charge in [0.2, 0.25) is 0 Å². The summed E-state index contributed by atoms with van der Waals surface area (Å²) >= 11 is 0. The second-order valence-corrected chi connectivity index (χ2v) is 3.72. The zero-order valence-electron chi connectivity index (χ0n) is 8.00. The van der Waals surface area contributed by atoms with E-state index in [9.17, 15) is 14.4 Å². The first kappa shape index (κ1) is 10.1. The fraction of sp³-hybridized carbons (Fsp3) is 0.700. The second-order valence-electron chi connectivity index (χ2n) is 3.72. The van der Waals surface area contributed by atoms with E-state index in [1.54, 1.807) is 0 Å². The molecule has 0 aromatic rings. The molecule has 0 aliphatic heterocycles. The molecule has 1 rings (SSSR count). The molecule has 1 saturated carbocycles. The van der Waals surface area contributed by atoms with Crippen LogP contribution in [0.4, 0.5) is 0 Å². The topological polar surface area (TPSA) is 51.2 Å². The third-order valence-corrected chi connectivity index (χ3v) is 2.42. The SMILES string of the molecule is CC(=O)C(CC(=O)C1CC1)C(C)=O. The van der Waals surface area contributed by atoms with Crippen molar-refractivity contribution in [2.24, 2.45) is 11.8 Å². The van der Waals surface area contributed by atoms with Crippen LogP contribution in [0.15, 0.2) is 0 Å². The summed E-state index contributed by atoms with van der Waals surface area (Å²) in [5, 5.41) is 0. The fourth-order valence-corrected chi connectivity index (χ4v) is 1.35. The normalized spacial score (nSPS) is 15.9. The van der Waals surface area contributed by atoms with Crippen molar-refractivity contribution in [3.8, 4) is 0 Å². The van der Waals surface area contributed by atoms with Gasteiger partial charge in [-0.2, -0.15) is 0 Å². The van der Waals surface area contributed by atoms with Crippen LogP contribution in [0.2, 0.25) is 0 Å². The van der Waals surface area contributed by atoms with Gasteiger partial charge >= 0.3 is 0 Å². The number of hydrogen-bond acceptors (Lipinski definition) is 3. The summed E-state index contributed by atoms with van der Waals surface area (Å²) in [4.78, 5) is 33.3. The lowest BCUT2D eigenvalue weighted by Gasteiger charge is -2.07. The molecule has 0 atom stereocenters. The van der Waals surface area contributed by atoms with Gasteiger partial charge in [-0.25, -0.2) is 0 Å². The lowest BCUT2D eigenvalue weighted by Crippen LogP contribution is -2.23. The van der Waals surface area contributed by atoms with Crippen molar-refractivity contribution >= 4 is 17.3 Å². The van der Waals surface area contributed by atoms with Crippen molar-refractivity contribution in [3.63, 3.8) is 0 Å². The molecule has 3 nitrogen and oxygen atoms in total. The van der Waals surface area contributed by atoms with Crippen LogP contribution in [-0.2, 0) is 14.4 Å². The summed E-state index contributed by atoms with van der Waals surface area (Å²) in [7, 11) is 0. The molecule has 0 N–H and O–H groups in total. The lowest BCUT2D eigenvalue weighted by molar-refractivity contribution is -0.134. The first-order chi connectivity index (χ1) is 6.02.